The van der Waals surface area contributed by atoms with E-state index in [1.54, 1.807) is 0 Å². The van der Waals surface area contributed by atoms with Crippen LogP contribution in [0.4, 0.5) is 0 Å². The summed E-state index contributed by atoms with van der Waals surface area (Å²) < 4.78 is 0. The van der Waals surface area contributed by atoms with E-state index in [2.05, 4.69) is 0 Å². The van der Waals surface area contributed by atoms with Crippen molar-refractivity contribution in [1.82, 2.24) is 4.90 Å². The van der Waals surface area contributed by atoms with Crippen LogP contribution in [0.3, 0.4) is 0 Å². The first-order valence-corrected chi connectivity index (χ1v) is 6.68. The Morgan fingerprint density at radius 1 is 1.12 bits per heavy atom. The molecule has 0 radical (unpaired) electrons. The van der Waals surface area contributed by atoms with Crippen LogP contribution in [0.25, 0.3) is 0 Å². The number of aliphatic hydroxyl groups excluding tert-OH is 1. The normalized spacial score (nSPS) is 23.2. The van der Waals surface area contributed by atoms with E-state index in [1.165, 1.54) is 32.1 Å². The number of nitrogens with zero attached hydrogens (tertiary/aromatic N) is 1. The first-order valence-electron chi connectivity index (χ1n) is 6.68. The molecule has 2 fully saturated rings. The van der Waals surface area contributed by atoms with Crippen molar-refractivity contribution in [3.63, 3.8) is 0 Å². The fourth-order valence-corrected chi connectivity index (χ4v) is 2.85. The van der Waals surface area contributed by atoms with Gasteiger partial charge >= 0.3 is 0 Å². The molecule has 1 aliphatic heterocycles. The number of hydrogen-bond donors (Lipinski definition) is 1. The second-order valence-corrected chi connectivity index (χ2v) is 5.39. The molecule has 0 aromatic carbocycles. The molecule has 0 bridgehead atoms. The van der Waals surface area contributed by atoms with Gasteiger partial charge in [-0.3, -0.25) is 4.79 Å². The van der Waals surface area contributed by atoms with Gasteiger partial charge in [0.25, 0.3) is 0 Å². The van der Waals surface area contributed by atoms with E-state index in [0.717, 1.165) is 31.8 Å². The van der Waals surface area contributed by atoms with Crippen molar-refractivity contribution >= 4 is 5.91 Å². The summed E-state index contributed by atoms with van der Waals surface area (Å²) in [5, 5.41) is 8.88. The average Bonchev–Trinajstić information content (AvgIpc) is 2.26. The van der Waals surface area contributed by atoms with E-state index in [4.69, 9.17) is 5.11 Å². The summed E-state index contributed by atoms with van der Waals surface area (Å²) in [7, 11) is 0. The quantitative estimate of drug-likeness (QED) is 0.792. The van der Waals surface area contributed by atoms with Crippen LogP contribution in [0.5, 0.6) is 0 Å². The fraction of sp³-hybridized carbons (Fsp3) is 0.923. The predicted molar refractivity (Wildman–Crippen MR) is 63.0 cm³/mol. The van der Waals surface area contributed by atoms with Crippen LogP contribution in [-0.2, 0) is 4.79 Å². The lowest BCUT2D eigenvalue weighted by Gasteiger charge is -2.38. The van der Waals surface area contributed by atoms with Gasteiger partial charge in [0.2, 0.25) is 5.91 Å². The topological polar surface area (TPSA) is 40.5 Å². The van der Waals surface area contributed by atoms with Gasteiger partial charge in [-0.25, -0.2) is 0 Å². The van der Waals surface area contributed by atoms with Gasteiger partial charge in [0.05, 0.1) is 0 Å². The Morgan fingerprint density at radius 2 is 1.81 bits per heavy atom. The van der Waals surface area contributed by atoms with E-state index >= 15 is 0 Å². The van der Waals surface area contributed by atoms with E-state index in [0.29, 0.717) is 11.8 Å². The van der Waals surface area contributed by atoms with E-state index in [1.807, 2.05) is 4.90 Å². The number of aliphatic hydroxyl groups is 1. The van der Waals surface area contributed by atoms with Crippen LogP contribution in [-0.4, -0.2) is 35.6 Å². The maximum Gasteiger partial charge on any atom is 0.222 e. The molecular weight excluding hydrogens is 202 g/mol. The highest BCUT2D eigenvalue weighted by molar-refractivity contribution is 5.77. The Kier molecular flexibility index (Phi) is 4.22. The van der Waals surface area contributed by atoms with Crippen LogP contribution < -0.4 is 0 Å². The average molecular weight is 225 g/mol. The molecule has 1 aliphatic carbocycles. The maximum atomic E-state index is 11.8. The lowest BCUT2D eigenvalue weighted by molar-refractivity contribution is -0.138. The summed E-state index contributed by atoms with van der Waals surface area (Å²) in [5.74, 6) is 1.45. The molecule has 0 aromatic rings. The second kappa shape index (κ2) is 5.67. The van der Waals surface area contributed by atoms with Crippen molar-refractivity contribution in [3.8, 4) is 0 Å². The third-order valence-corrected chi connectivity index (χ3v) is 4.06. The minimum absolute atomic E-state index is 0.229. The number of carbonyl (C=O) groups is 1. The summed E-state index contributed by atoms with van der Waals surface area (Å²) in [6.45, 7) is 1.78. The molecule has 0 atom stereocenters. The van der Waals surface area contributed by atoms with Crippen LogP contribution >= 0.6 is 0 Å². The van der Waals surface area contributed by atoms with E-state index < -0.39 is 0 Å². The Balaban J connectivity index is 1.60. The Hall–Kier alpha value is -0.570. The van der Waals surface area contributed by atoms with Crippen LogP contribution in [0.2, 0.25) is 0 Å². The molecule has 92 valence electrons. The first-order chi connectivity index (χ1) is 7.79. The molecule has 0 aromatic heterocycles. The molecule has 2 aliphatic rings. The van der Waals surface area contributed by atoms with E-state index in [-0.39, 0.29) is 6.61 Å². The molecule has 0 spiro atoms. The molecule has 2 rings (SSSR count). The Labute approximate surface area is 97.8 Å². The van der Waals surface area contributed by atoms with Crippen molar-refractivity contribution in [2.45, 2.75) is 44.9 Å². The van der Waals surface area contributed by atoms with Gasteiger partial charge in [-0.2, -0.15) is 0 Å². The van der Waals surface area contributed by atoms with Crippen LogP contribution in [0.1, 0.15) is 44.9 Å². The van der Waals surface area contributed by atoms with Crippen molar-refractivity contribution in [1.29, 1.82) is 0 Å². The summed E-state index contributed by atoms with van der Waals surface area (Å²) in [6, 6.07) is 0. The monoisotopic (exact) mass is 225 g/mol. The summed E-state index contributed by atoms with van der Waals surface area (Å²) >= 11 is 0. The van der Waals surface area contributed by atoms with Gasteiger partial charge < -0.3 is 10.0 Å². The van der Waals surface area contributed by atoms with Gasteiger partial charge in [-0.15, -0.1) is 0 Å². The minimum atomic E-state index is 0.229. The number of carbonyl (C=O) groups excluding carboxylic acids is 1. The fourth-order valence-electron chi connectivity index (χ4n) is 2.85. The third-order valence-electron chi connectivity index (χ3n) is 4.06. The van der Waals surface area contributed by atoms with Gasteiger partial charge in [0.15, 0.2) is 0 Å². The van der Waals surface area contributed by atoms with Gasteiger partial charge in [0, 0.05) is 32.0 Å². The molecule has 1 saturated carbocycles. The molecule has 1 N–H and O–H groups in total. The lowest BCUT2D eigenvalue weighted by atomic mass is 9.86. The zero-order valence-corrected chi connectivity index (χ0v) is 10.0. The second-order valence-electron chi connectivity index (χ2n) is 5.39. The zero-order chi connectivity index (χ0) is 11.4. The summed E-state index contributed by atoms with van der Waals surface area (Å²) in [6.07, 6.45) is 8.56. The molecular formula is C13H23NO2. The molecule has 3 heteroatoms. The molecule has 16 heavy (non-hydrogen) atoms. The van der Waals surface area contributed by atoms with Gasteiger partial charge in [-0.05, 0) is 12.3 Å². The molecule has 3 nitrogen and oxygen atoms in total. The van der Waals surface area contributed by atoms with E-state index in [9.17, 15) is 4.79 Å². The lowest BCUT2D eigenvalue weighted by Crippen LogP contribution is -2.51. The Morgan fingerprint density at radius 3 is 2.44 bits per heavy atom. The van der Waals surface area contributed by atoms with Gasteiger partial charge in [0.1, 0.15) is 0 Å². The maximum absolute atomic E-state index is 11.8. The molecule has 1 heterocycles. The van der Waals surface area contributed by atoms with Gasteiger partial charge in [-0.1, -0.05) is 32.1 Å². The minimum Gasteiger partial charge on any atom is -0.396 e. The third kappa shape index (κ3) is 2.97. The number of rotatable bonds is 4. The highest BCUT2D eigenvalue weighted by Crippen LogP contribution is 2.28. The van der Waals surface area contributed by atoms with Crippen LogP contribution in [0, 0.1) is 11.8 Å². The largest absolute Gasteiger partial charge is 0.396 e. The predicted octanol–water partition coefficient (Wildman–Crippen LogP) is 1.80. The standard InChI is InChI=1S/C13H23NO2/c15-10-12-8-14(9-12)13(16)7-6-11-4-2-1-3-5-11/h11-12,15H,1-10H2. The molecule has 0 unspecified atom stereocenters. The van der Waals surface area contributed by atoms with Crippen molar-refractivity contribution in [2.75, 3.05) is 19.7 Å². The van der Waals surface area contributed by atoms with Crippen molar-refractivity contribution in [2.24, 2.45) is 11.8 Å². The summed E-state index contributed by atoms with van der Waals surface area (Å²) in [5.41, 5.74) is 0. The van der Waals surface area contributed by atoms with Crippen LogP contribution in [0.15, 0.2) is 0 Å². The number of hydrogen-bond acceptors (Lipinski definition) is 2. The first kappa shape index (κ1) is 11.9. The van der Waals surface area contributed by atoms with Crippen molar-refractivity contribution in [3.05, 3.63) is 0 Å². The SMILES string of the molecule is O=C(CCC1CCCCC1)N1CC(CO)C1. The molecule has 1 saturated heterocycles. The number of amides is 1. The number of likely N-dealkylation sites (tertiary alicyclic amines) is 1. The Bertz CT molecular complexity index is 230. The molecule has 1 amide bonds. The zero-order valence-electron chi connectivity index (χ0n) is 10.0. The highest BCUT2D eigenvalue weighted by atomic mass is 16.3. The van der Waals surface area contributed by atoms with Crippen molar-refractivity contribution < 1.29 is 9.90 Å². The highest BCUT2D eigenvalue weighted by Gasteiger charge is 2.29. The smallest absolute Gasteiger partial charge is 0.222 e. The summed E-state index contributed by atoms with van der Waals surface area (Å²) in [4.78, 5) is 13.7.